The van der Waals surface area contributed by atoms with E-state index in [1.54, 1.807) is 0 Å². The van der Waals surface area contributed by atoms with E-state index in [0.29, 0.717) is 0 Å². The molecule has 1 amide bonds. The summed E-state index contributed by atoms with van der Waals surface area (Å²) in [5.41, 5.74) is 8.42. The van der Waals surface area contributed by atoms with Gasteiger partial charge in [-0.2, -0.15) is 4.31 Å². The Morgan fingerprint density at radius 3 is 2.45 bits per heavy atom. The molecule has 0 aliphatic carbocycles. The second-order valence-corrected chi connectivity index (χ2v) is 10.1. The first-order chi connectivity index (χ1) is 15.2. The van der Waals surface area contributed by atoms with Gasteiger partial charge < -0.3 is 39.9 Å². The second-order valence-electron chi connectivity index (χ2n) is 7.11. The van der Waals surface area contributed by atoms with Gasteiger partial charge in [0.25, 0.3) is 0 Å². The van der Waals surface area contributed by atoms with Crippen LogP contribution >= 0.6 is 15.6 Å². The van der Waals surface area contributed by atoms with Crippen LogP contribution in [-0.2, 0) is 36.8 Å². The fourth-order valence-corrected chi connectivity index (χ4v) is 5.21. The lowest BCUT2D eigenvalue weighted by atomic mass is 9.93. The number of amides is 1. The first-order valence-corrected chi connectivity index (χ1v) is 12.3. The zero-order valence-corrected chi connectivity index (χ0v) is 18.8. The highest BCUT2D eigenvalue weighted by Gasteiger charge is 2.46. The van der Waals surface area contributed by atoms with Gasteiger partial charge in [0.15, 0.2) is 6.29 Å². The van der Waals surface area contributed by atoms with Crippen LogP contribution < -0.4 is 5.32 Å². The Bertz CT molecular complexity index is 847. The zero-order valence-electron chi connectivity index (χ0n) is 17.1. The lowest BCUT2D eigenvalue weighted by Crippen LogP contribution is -2.57. The van der Waals surface area contributed by atoms with Crippen molar-refractivity contribution in [2.24, 2.45) is 5.11 Å². The van der Waals surface area contributed by atoms with Crippen molar-refractivity contribution in [3.05, 3.63) is 10.4 Å². The summed E-state index contributed by atoms with van der Waals surface area (Å²) in [6.45, 7) is -0.0692. The summed E-state index contributed by atoms with van der Waals surface area (Å²) in [5, 5.41) is 35.0. The molecule has 33 heavy (non-hydrogen) atoms. The highest BCUT2D eigenvalue weighted by molar-refractivity contribution is 7.61. The zero-order chi connectivity index (χ0) is 25.0. The number of phosphoric acid groups is 2. The van der Waals surface area contributed by atoms with E-state index in [2.05, 4.69) is 24.2 Å². The van der Waals surface area contributed by atoms with Crippen LogP contribution in [0, 0.1) is 0 Å². The molecular formula is C13H23BN4O13P2. The largest absolute Gasteiger partial charge is 0.483 e. The maximum absolute atomic E-state index is 12.3. The third kappa shape index (κ3) is 8.26. The van der Waals surface area contributed by atoms with E-state index in [1.807, 2.05) is 0 Å². The second kappa shape index (κ2) is 11.6. The Labute approximate surface area is 188 Å². The lowest BCUT2D eigenvalue weighted by molar-refractivity contribution is -0.197. The summed E-state index contributed by atoms with van der Waals surface area (Å²) in [4.78, 5) is 33.6. The Balaban J connectivity index is 2.04. The quantitative estimate of drug-likeness (QED) is 0.0613. The fraction of sp³-hybridized carbons (Fsp3) is 0.923. The number of nitrogens with one attached hydrogen (secondary N) is 1. The van der Waals surface area contributed by atoms with Crippen molar-refractivity contribution >= 4 is 29.4 Å². The third-order valence-corrected chi connectivity index (χ3v) is 7.10. The number of aliphatic hydroxyl groups is 3. The molecule has 2 aliphatic rings. The van der Waals surface area contributed by atoms with Gasteiger partial charge in [0.1, 0.15) is 26.1 Å². The maximum atomic E-state index is 12.3. The van der Waals surface area contributed by atoms with Crippen LogP contribution in [0.4, 0.5) is 0 Å². The molecule has 8 unspecified atom stereocenters. The lowest BCUT2D eigenvalue weighted by Gasteiger charge is -2.39. The molecule has 0 bridgehead atoms. The third-order valence-electron chi connectivity index (χ3n) is 4.50. The van der Waals surface area contributed by atoms with Crippen molar-refractivity contribution in [2.75, 3.05) is 13.2 Å². The first-order valence-electron chi connectivity index (χ1n) is 9.33. The molecule has 0 aromatic carbocycles. The SMILES string of the molecule is [B][C@@H]1O[C@H](COP(=O)(O)OP(=O)(O)OC2OC(CN=[N+]=[N-])CC(O)C2NC(C)=O)C(O)C1O. The normalized spacial score (nSPS) is 38.0. The summed E-state index contributed by atoms with van der Waals surface area (Å²) in [7, 11) is -5.41. The molecular weight excluding hydrogens is 493 g/mol. The predicted octanol–water partition coefficient (Wildman–Crippen LogP) is -1.86. The number of hydrogen-bond donors (Lipinski definition) is 6. The van der Waals surface area contributed by atoms with Crippen molar-refractivity contribution in [1.29, 1.82) is 0 Å². The molecule has 186 valence electrons. The highest BCUT2D eigenvalue weighted by Crippen LogP contribution is 2.61. The number of nitrogens with zero attached hydrogens (tertiary/aromatic N) is 3. The summed E-state index contributed by atoms with van der Waals surface area (Å²) in [5.74, 6) is -0.662. The average Bonchev–Trinajstić information content (AvgIpc) is 2.93. The predicted molar refractivity (Wildman–Crippen MR) is 105 cm³/mol. The Hall–Kier alpha value is -1.10. The topological polar surface area (TPSA) is 259 Å². The van der Waals surface area contributed by atoms with Crippen LogP contribution in [-0.4, -0.2) is 101 Å². The van der Waals surface area contributed by atoms with E-state index in [-0.39, 0.29) is 13.0 Å². The summed E-state index contributed by atoms with van der Waals surface area (Å²) in [6, 6.07) is -2.68. The molecule has 2 heterocycles. The summed E-state index contributed by atoms with van der Waals surface area (Å²) >= 11 is 0. The number of ether oxygens (including phenoxy) is 2. The van der Waals surface area contributed by atoms with Gasteiger partial charge >= 0.3 is 15.6 Å². The van der Waals surface area contributed by atoms with Crippen molar-refractivity contribution in [2.45, 2.75) is 62.2 Å². The maximum Gasteiger partial charge on any atom is 0.483 e. The molecule has 0 spiro atoms. The monoisotopic (exact) mass is 516 g/mol. The number of carbonyl (C=O) groups excluding carboxylic acids is 1. The van der Waals surface area contributed by atoms with Crippen LogP contribution in [0.2, 0.25) is 0 Å². The molecule has 2 radical (unpaired) electrons. The number of phosphoric ester groups is 2. The standard InChI is InChI=1S/C13H23BN4O13P2/c1-5(19)17-9-7(20)2-6(3-16-18-15)28-13(9)30-33(25,26)31-32(23,24)27-4-8-10(21)11(22)12(14)29-8/h6-13,20-22H,2-4H2,1H3,(H,17,19)(H,23,24)(H,25,26)/t6?,7?,8-,9?,10?,11?,12-,13?/m1/s1. The van der Waals surface area contributed by atoms with E-state index in [0.717, 1.165) is 6.92 Å². The summed E-state index contributed by atoms with van der Waals surface area (Å²) in [6.07, 6.45) is -8.77. The van der Waals surface area contributed by atoms with Crippen LogP contribution in [0.1, 0.15) is 13.3 Å². The van der Waals surface area contributed by atoms with Crippen LogP contribution in [0.15, 0.2) is 5.11 Å². The molecule has 20 heteroatoms. The molecule has 2 rings (SSSR count). The van der Waals surface area contributed by atoms with Gasteiger partial charge in [-0.3, -0.25) is 13.8 Å². The average molecular weight is 516 g/mol. The van der Waals surface area contributed by atoms with Gasteiger partial charge in [-0.25, -0.2) is 9.13 Å². The van der Waals surface area contributed by atoms with Gasteiger partial charge in [0, 0.05) is 24.3 Å². The van der Waals surface area contributed by atoms with Crippen molar-refractivity contribution in [3.63, 3.8) is 0 Å². The molecule has 0 aromatic rings. The van der Waals surface area contributed by atoms with E-state index in [1.165, 1.54) is 0 Å². The van der Waals surface area contributed by atoms with E-state index in [4.69, 9.17) is 27.4 Å². The molecule has 2 saturated heterocycles. The molecule has 6 N–H and O–H groups in total. The van der Waals surface area contributed by atoms with Crippen molar-refractivity contribution in [1.82, 2.24) is 5.32 Å². The number of aliphatic hydroxyl groups excluding tert-OH is 3. The van der Waals surface area contributed by atoms with E-state index in [9.17, 15) is 39.0 Å². The van der Waals surface area contributed by atoms with Gasteiger partial charge in [-0.1, -0.05) is 5.11 Å². The minimum Gasteiger partial charge on any atom is -0.391 e. The van der Waals surface area contributed by atoms with E-state index < -0.39 is 77.0 Å². The van der Waals surface area contributed by atoms with Crippen molar-refractivity contribution in [3.8, 4) is 0 Å². The Kier molecular flexibility index (Phi) is 9.86. The van der Waals surface area contributed by atoms with Crippen molar-refractivity contribution < 1.29 is 61.9 Å². The Morgan fingerprint density at radius 2 is 1.91 bits per heavy atom. The van der Waals surface area contributed by atoms with E-state index >= 15 is 0 Å². The van der Waals surface area contributed by atoms with Gasteiger partial charge in [-0.15, -0.1) is 0 Å². The molecule has 17 nitrogen and oxygen atoms in total. The van der Waals surface area contributed by atoms with Crippen LogP contribution in [0.5, 0.6) is 0 Å². The first kappa shape index (κ1) is 28.1. The minimum atomic E-state index is -5.45. The molecule has 2 aliphatic heterocycles. The van der Waals surface area contributed by atoms with Gasteiger partial charge in [0.05, 0.1) is 31.5 Å². The molecule has 0 saturated carbocycles. The fourth-order valence-electron chi connectivity index (χ4n) is 3.05. The summed E-state index contributed by atoms with van der Waals surface area (Å²) < 4.78 is 48.1. The number of hydrogen-bond acceptors (Lipinski definition) is 12. The number of rotatable bonds is 10. The molecule has 10 atom stereocenters. The molecule has 2 fully saturated rings. The number of carbonyl (C=O) groups is 1. The Morgan fingerprint density at radius 1 is 1.24 bits per heavy atom. The minimum absolute atomic E-state index is 0.139. The molecule has 0 aromatic heterocycles. The van der Waals surface area contributed by atoms with Crippen LogP contribution in [0.3, 0.4) is 0 Å². The van der Waals surface area contributed by atoms with Gasteiger partial charge in [-0.05, 0) is 5.53 Å². The van der Waals surface area contributed by atoms with Gasteiger partial charge in [0.2, 0.25) is 5.91 Å². The van der Waals surface area contributed by atoms with Crippen LogP contribution in [0.25, 0.3) is 10.4 Å². The number of azide groups is 1. The highest BCUT2D eigenvalue weighted by atomic mass is 31.3. The smallest absolute Gasteiger partial charge is 0.391 e.